The molecule has 1 aliphatic rings. The Morgan fingerprint density at radius 2 is 2.07 bits per heavy atom. The van der Waals surface area contributed by atoms with Gasteiger partial charge in [0.05, 0.1) is 0 Å². The second-order valence-corrected chi connectivity index (χ2v) is 4.32. The maximum atomic E-state index is 13.2. The zero-order valence-electron chi connectivity index (χ0n) is 8.75. The number of benzene rings is 1. The second kappa shape index (κ2) is 4.73. The summed E-state index contributed by atoms with van der Waals surface area (Å²) >= 11 is 0. The first kappa shape index (κ1) is 10.6. The molecule has 0 aliphatic heterocycles. The van der Waals surface area contributed by atoms with E-state index in [-0.39, 0.29) is 5.82 Å². The molecule has 1 aromatic rings. The van der Waals surface area contributed by atoms with E-state index in [4.69, 9.17) is 5.73 Å². The molecule has 15 heavy (non-hydrogen) atoms. The average Bonchev–Trinajstić information content (AvgIpc) is 2.18. The van der Waals surface area contributed by atoms with Gasteiger partial charge < -0.3 is 11.1 Å². The molecule has 0 heterocycles. The highest BCUT2D eigenvalue weighted by Gasteiger charge is 2.24. The molecule has 1 aromatic carbocycles. The van der Waals surface area contributed by atoms with Crippen LogP contribution in [-0.4, -0.2) is 12.6 Å². The molecular weight excluding hydrogens is 191 g/mol. The highest BCUT2D eigenvalue weighted by atomic mass is 19.1. The Hall–Kier alpha value is -0.930. The molecule has 0 saturated heterocycles. The number of rotatable bonds is 4. The Kier molecular flexibility index (Phi) is 3.34. The Labute approximate surface area is 89.7 Å². The fourth-order valence-electron chi connectivity index (χ4n) is 2.01. The first-order valence-corrected chi connectivity index (χ1v) is 5.45. The lowest BCUT2D eigenvalue weighted by Crippen LogP contribution is -2.41. The molecule has 82 valence electrons. The lowest BCUT2D eigenvalue weighted by molar-refractivity contribution is 0.255. The highest BCUT2D eigenvalue weighted by Crippen LogP contribution is 2.24. The van der Waals surface area contributed by atoms with E-state index < -0.39 is 0 Å². The van der Waals surface area contributed by atoms with Crippen molar-refractivity contribution in [1.82, 2.24) is 5.32 Å². The topological polar surface area (TPSA) is 38.0 Å². The van der Waals surface area contributed by atoms with E-state index in [0.29, 0.717) is 18.5 Å². The number of nitrogens with two attached hydrogens (primary N) is 1. The van der Waals surface area contributed by atoms with Gasteiger partial charge in [0, 0.05) is 18.2 Å². The van der Waals surface area contributed by atoms with Gasteiger partial charge in [-0.15, -0.1) is 0 Å². The second-order valence-electron chi connectivity index (χ2n) is 4.32. The van der Waals surface area contributed by atoms with Gasteiger partial charge in [-0.25, -0.2) is 4.39 Å². The van der Waals surface area contributed by atoms with Crippen LogP contribution in [0.4, 0.5) is 4.39 Å². The third-order valence-electron chi connectivity index (χ3n) is 2.98. The third-order valence-corrected chi connectivity index (χ3v) is 2.98. The van der Waals surface area contributed by atoms with E-state index in [1.165, 1.54) is 6.07 Å². The predicted octanol–water partition coefficient (Wildman–Crippen LogP) is 1.65. The van der Waals surface area contributed by atoms with Gasteiger partial charge >= 0.3 is 0 Å². The summed E-state index contributed by atoms with van der Waals surface area (Å²) in [5.41, 5.74) is 6.43. The molecule has 0 aromatic heterocycles. The minimum atomic E-state index is -0.129. The molecule has 0 unspecified atom stereocenters. The zero-order valence-corrected chi connectivity index (χ0v) is 8.75. The van der Waals surface area contributed by atoms with E-state index in [0.717, 1.165) is 24.9 Å². The van der Waals surface area contributed by atoms with Crippen LogP contribution in [0.2, 0.25) is 0 Å². The van der Waals surface area contributed by atoms with Gasteiger partial charge in [0.25, 0.3) is 0 Å². The quantitative estimate of drug-likeness (QED) is 0.789. The number of nitrogens with one attached hydrogen (secondary N) is 1. The van der Waals surface area contributed by atoms with Crippen LogP contribution in [0.5, 0.6) is 0 Å². The van der Waals surface area contributed by atoms with Crippen LogP contribution < -0.4 is 11.1 Å². The SMILES string of the molecule is NC1CC(CNCc2ccccc2F)C1. The summed E-state index contributed by atoms with van der Waals surface area (Å²) in [6.45, 7) is 1.56. The minimum Gasteiger partial charge on any atom is -0.328 e. The van der Waals surface area contributed by atoms with E-state index >= 15 is 0 Å². The molecule has 1 aliphatic carbocycles. The van der Waals surface area contributed by atoms with Crippen molar-refractivity contribution in [3.05, 3.63) is 35.6 Å². The fraction of sp³-hybridized carbons (Fsp3) is 0.500. The summed E-state index contributed by atoms with van der Waals surface area (Å²) in [4.78, 5) is 0. The smallest absolute Gasteiger partial charge is 0.127 e. The minimum absolute atomic E-state index is 0.129. The van der Waals surface area contributed by atoms with Crippen molar-refractivity contribution in [2.75, 3.05) is 6.54 Å². The molecular formula is C12H17FN2. The maximum Gasteiger partial charge on any atom is 0.127 e. The molecule has 1 saturated carbocycles. The molecule has 3 N–H and O–H groups in total. The van der Waals surface area contributed by atoms with E-state index in [1.54, 1.807) is 6.07 Å². The monoisotopic (exact) mass is 208 g/mol. The van der Waals surface area contributed by atoms with Crippen molar-refractivity contribution in [2.45, 2.75) is 25.4 Å². The van der Waals surface area contributed by atoms with E-state index in [2.05, 4.69) is 5.32 Å². The van der Waals surface area contributed by atoms with Gasteiger partial charge in [-0.3, -0.25) is 0 Å². The third kappa shape index (κ3) is 2.76. The van der Waals surface area contributed by atoms with E-state index in [9.17, 15) is 4.39 Å². The van der Waals surface area contributed by atoms with Gasteiger partial charge in [0.15, 0.2) is 0 Å². The number of halogens is 1. The normalized spacial score (nSPS) is 24.9. The van der Waals surface area contributed by atoms with Crippen LogP contribution in [0, 0.1) is 11.7 Å². The number of hydrogen-bond acceptors (Lipinski definition) is 2. The van der Waals surface area contributed by atoms with Crippen molar-refractivity contribution in [3.63, 3.8) is 0 Å². The van der Waals surface area contributed by atoms with E-state index in [1.807, 2.05) is 12.1 Å². The summed E-state index contributed by atoms with van der Waals surface area (Å²) < 4.78 is 13.2. The van der Waals surface area contributed by atoms with Crippen molar-refractivity contribution in [2.24, 2.45) is 11.7 Å². The molecule has 0 bridgehead atoms. The molecule has 0 spiro atoms. The van der Waals surface area contributed by atoms with Crippen LogP contribution in [0.15, 0.2) is 24.3 Å². The highest BCUT2D eigenvalue weighted by molar-refractivity contribution is 5.16. The average molecular weight is 208 g/mol. The van der Waals surface area contributed by atoms with Crippen molar-refractivity contribution in [3.8, 4) is 0 Å². The van der Waals surface area contributed by atoms with Gasteiger partial charge in [0.2, 0.25) is 0 Å². The number of hydrogen-bond donors (Lipinski definition) is 2. The molecule has 0 atom stereocenters. The van der Waals surface area contributed by atoms with Crippen molar-refractivity contribution >= 4 is 0 Å². The van der Waals surface area contributed by atoms with Gasteiger partial charge in [0.1, 0.15) is 5.82 Å². The summed E-state index contributed by atoms with van der Waals surface area (Å²) in [6.07, 6.45) is 2.20. The lowest BCUT2D eigenvalue weighted by Gasteiger charge is -2.32. The molecule has 1 fully saturated rings. The molecule has 3 heteroatoms. The summed E-state index contributed by atoms with van der Waals surface area (Å²) in [5.74, 6) is 0.557. The molecule has 0 radical (unpaired) electrons. The first-order chi connectivity index (χ1) is 7.25. The Morgan fingerprint density at radius 3 is 2.73 bits per heavy atom. The standard InChI is InChI=1S/C12H17FN2/c13-12-4-2-1-3-10(12)8-15-7-9-5-11(14)6-9/h1-4,9,11,15H,5-8,14H2. The Morgan fingerprint density at radius 1 is 1.33 bits per heavy atom. The zero-order chi connectivity index (χ0) is 10.7. The predicted molar refractivity (Wildman–Crippen MR) is 58.8 cm³/mol. The first-order valence-electron chi connectivity index (χ1n) is 5.45. The van der Waals surface area contributed by atoms with Crippen molar-refractivity contribution in [1.29, 1.82) is 0 Å². The lowest BCUT2D eigenvalue weighted by atomic mass is 9.81. The van der Waals surface area contributed by atoms with Gasteiger partial charge in [-0.1, -0.05) is 18.2 Å². The van der Waals surface area contributed by atoms with Crippen molar-refractivity contribution < 1.29 is 4.39 Å². The van der Waals surface area contributed by atoms with Crippen LogP contribution >= 0.6 is 0 Å². The largest absolute Gasteiger partial charge is 0.328 e. The maximum absolute atomic E-state index is 13.2. The van der Waals surface area contributed by atoms with Crippen LogP contribution in [-0.2, 0) is 6.54 Å². The van der Waals surface area contributed by atoms with Crippen LogP contribution in [0.3, 0.4) is 0 Å². The molecule has 2 nitrogen and oxygen atoms in total. The summed E-state index contributed by atoms with van der Waals surface area (Å²) in [6, 6.07) is 7.28. The van der Waals surface area contributed by atoms with Crippen LogP contribution in [0.1, 0.15) is 18.4 Å². The fourth-order valence-corrected chi connectivity index (χ4v) is 2.01. The summed E-state index contributed by atoms with van der Waals surface area (Å²) in [7, 11) is 0. The Bertz CT molecular complexity index is 321. The molecule has 0 amide bonds. The van der Waals surface area contributed by atoms with Crippen LogP contribution in [0.25, 0.3) is 0 Å². The van der Waals surface area contributed by atoms with Gasteiger partial charge in [-0.05, 0) is 31.4 Å². The summed E-state index contributed by atoms with van der Waals surface area (Å²) in [5, 5.41) is 3.27. The Balaban J connectivity index is 1.72. The van der Waals surface area contributed by atoms with Gasteiger partial charge in [-0.2, -0.15) is 0 Å². The molecule has 2 rings (SSSR count).